The Bertz CT molecular complexity index is 399. The van der Waals surface area contributed by atoms with E-state index in [2.05, 4.69) is 12.2 Å². The summed E-state index contributed by atoms with van der Waals surface area (Å²) < 4.78 is 5.06. The lowest BCUT2D eigenvalue weighted by atomic mass is 9.72. The molecule has 0 bridgehead atoms. The molecule has 0 aromatic heterocycles. The molecule has 2 N–H and O–H groups in total. The second-order valence-corrected chi connectivity index (χ2v) is 5.15. The van der Waals surface area contributed by atoms with Crippen LogP contribution in [0, 0.1) is 5.92 Å². The Hall–Kier alpha value is -1.55. The van der Waals surface area contributed by atoms with E-state index in [0.717, 1.165) is 18.4 Å². The van der Waals surface area contributed by atoms with E-state index in [1.54, 1.807) is 0 Å². The highest BCUT2D eigenvalue weighted by atomic mass is 16.5. The van der Waals surface area contributed by atoms with Crippen molar-refractivity contribution in [1.82, 2.24) is 5.32 Å². The molecule has 4 heteroatoms. The third-order valence-electron chi connectivity index (χ3n) is 3.23. The van der Waals surface area contributed by atoms with E-state index in [9.17, 15) is 9.90 Å². The summed E-state index contributed by atoms with van der Waals surface area (Å²) in [5.74, 6) is 0.539. The molecule has 0 heterocycles. The first-order valence-corrected chi connectivity index (χ1v) is 6.24. The largest absolute Gasteiger partial charge is 0.445 e. The van der Waals surface area contributed by atoms with Crippen molar-refractivity contribution < 1.29 is 14.6 Å². The number of rotatable bonds is 4. The molecule has 0 radical (unpaired) electrons. The van der Waals surface area contributed by atoms with E-state index in [-0.39, 0.29) is 13.2 Å². The first kappa shape index (κ1) is 12.9. The van der Waals surface area contributed by atoms with Crippen LogP contribution < -0.4 is 5.32 Å². The summed E-state index contributed by atoms with van der Waals surface area (Å²) in [6.45, 7) is 2.61. The van der Waals surface area contributed by atoms with Crippen molar-refractivity contribution in [3.8, 4) is 0 Å². The first-order valence-electron chi connectivity index (χ1n) is 6.24. The predicted octanol–water partition coefficient (Wildman–Crippen LogP) is 2.07. The van der Waals surface area contributed by atoms with Crippen molar-refractivity contribution in [2.75, 3.05) is 6.54 Å². The van der Waals surface area contributed by atoms with Gasteiger partial charge < -0.3 is 15.2 Å². The summed E-state index contributed by atoms with van der Waals surface area (Å²) >= 11 is 0. The van der Waals surface area contributed by atoms with Gasteiger partial charge in [-0.1, -0.05) is 37.3 Å². The molecule has 4 nitrogen and oxygen atoms in total. The predicted molar refractivity (Wildman–Crippen MR) is 68.0 cm³/mol. The molecule has 98 valence electrons. The third kappa shape index (κ3) is 3.47. The Morgan fingerprint density at radius 1 is 1.44 bits per heavy atom. The normalized spacial score (nSPS) is 26.2. The number of hydrogen-bond acceptors (Lipinski definition) is 3. The van der Waals surface area contributed by atoms with Crippen LogP contribution in [0.1, 0.15) is 25.3 Å². The van der Waals surface area contributed by atoms with E-state index < -0.39 is 11.7 Å². The topological polar surface area (TPSA) is 58.6 Å². The van der Waals surface area contributed by atoms with Gasteiger partial charge in [-0.3, -0.25) is 0 Å². The van der Waals surface area contributed by atoms with Crippen LogP contribution in [-0.2, 0) is 11.3 Å². The van der Waals surface area contributed by atoms with E-state index >= 15 is 0 Å². The van der Waals surface area contributed by atoms with Gasteiger partial charge in [0.2, 0.25) is 0 Å². The number of carbonyl (C=O) groups is 1. The second kappa shape index (κ2) is 5.40. The molecule has 0 spiro atoms. The molecule has 1 aliphatic carbocycles. The van der Waals surface area contributed by atoms with Gasteiger partial charge >= 0.3 is 6.09 Å². The number of nitrogens with one attached hydrogen (secondary N) is 1. The lowest BCUT2D eigenvalue weighted by Crippen LogP contribution is -2.51. The van der Waals surface area contributed by atoms with E-state index in [0.29, 0.717) is 5.92 Å². The van der Waals surface area contributed by atoms with Crippen LogP contribution in [0.3, 0.4) is 0 Å². The molecule has 2 rings (SSSR count). The maximum Gasteiger partial charge on any atom is 0.407 e. The molecule has 0 unspecified atom stereocenters. The Balaban J connectivity index is 1.67. The molecule has 0 aliphatic heterocycles. The maximum absolute atomic E-state index is 11.4. The fourth-order valence-corrected chi connectivity index (χ4v) is 2.39. The Morgan fingerprint density at radius 2 is 2.11 bits per heavy atom. The van der Waals surface area contributed by atoms with Crippen molar-refractivity contribution in [2.45, 2.75) is 32.0 Å². The number of benzene rings is 1. The van der Waals surface area contributed by atoms with Crippen LogP contribution in [0.5, 0.6) is 0 Å². The van der Waals surface area contributed by atoms with Gasteiger partial charge in [0.05, 0.1) is 5.60 Å². The van der Waals surface area contributed by atoms with E-state index in [1.165, 1.54) is 0 Å². The highest BCUT2D eigenvalue weighted by Crippen LogP contribution is 2.36. The maximum atomic E-state index is 11.4. The minimum absolute atomic E-state index is 0.251. The van der Waals surface area contributed by atoms with Crippen molar-refractivity contribution in [3.63, 3.8) is 0 Å². The SMILES string of the molecule is CC1CC(O)(CNC(=O)OCc2ccccc2)C1. The van der Waals surface area contributed by atoms with Crippen molar-refractivity contribution in [2.24, 2.45) is 5.92 Å². The van der Waals surface area contributed by atoms with Crippen molar-refractivity contribution in [1.29, 1.82) is 0 Å². The molecule has 0 saturated heterocycles. The zero-order valence-corrected chi connectivity index (χ0v) is 10.6. The zero-order chi connectivity index (χ0) is 13.0. The highest BCUT2D eigenvalue weighted by Gasteiger charge is 2.40. The summed E-state index contributed by atoms with van der Waals surface area (Å²) in [7, 11) is 0. The Morgan fingerprint density at radius 3 is 2.72 bits per heavy atom. The number of carbonyl (C=O) groups excluding carboxylic acids is 1. The van der Waals surface area contributed by atoms with Crippen LogP contribution >= 0.6 is 0 Å². The van der Waals surface area contributed by atoms with Crippen molar-refractivity contribution >= 4 is 6.09 Å². The van der Waals surface area contributed by atoms with Crippen LogP contribution in [0.2, 0.25) is 0 Å². The van der Waals surface area contributed by atoms with Crippen LogP contribution in [0.25, 0.3) is 0 Å². The number of hydrogen-bond donors (Lipinski definition) is 2. The summed E-state index contributed by atoms with van der Waals surface area (Å²) in [6, 6.07) is 9.50. The molecule has 1 aromatic rings. The summed E-state index contributed by atoms with van der Waals surface area (Å²) in [4.78, 5) is 11.4. The second-order valence-electron chi connectivity index (χ2n) is 5.15. The summed E-state index contributed by atoms with van der Waals surface area (Å²) in [6.07, 6.45) is 1.00. The molecule has 18 heavy (non-hydrogen) atoms. The van der Waals surface area contributed by atoms with Gasteiger partial charge in [0.1, 0.15) is 6.61 Å². The molecule has 1 amide bonds. The van der Waals surface area contributed by atoms with Gasteiger partial charge in [0, 0.05) is 6.54 Å². The number of amides is 1. The fourth-order valence-electron chi connectivity index (χ4n) is 2.39. The number of ether oxygens (including phenoxy) is 1. The smallest absolute Gasteiger partial charge is 0.407 e. The molecular weight excluding hydrogens is 230 g/mol. The summed E-state index contributed by atoms with van der Waals surface area (Å²) in [5.41, 5.74) is 0.217. The molecule has 0 atom stereocenters. The lowest BCUT2D eigenvalue weighted by Gasteiger charge is -2.41. The van der Waals surface area contributed by atoms with E-state index in [4.69, 9.17) is 4.74 Å². The van der Waals surface area contributed by atoms with Gasteiger partial charge in [-0.05, 0) is 24.3 Å². The third-order valence-corrected chi connectivity index (χ3v) is 3.23. The Labute approximate surface area is 107 Å². The first-order chi connectivity index (χ1) is 8.57. The number of alkyl carbamates (subject to hydrolysis) is 1. The van der Waals surface area contributed by atoms with Gasteiger partial charge in [-0.2, -0.15) is 0 Å². The van der Waals surface area contributed by atoms with Crippen LogP contribution in [0.4, 0.5) is 4.79 Å². The zero-order valence-electron chi connectivity index (χ0n) is 10.6. The summed E-state index contributed by atoms with van der Waals surface area (Å²) in [5, 5.41) is 12.5. The van der Waals surface area contributed by atoms with Gasteiger partial charge in [-0.15, -0.1) is 0 Å². The Kier molecular flexibility index (Phi) is 3.87. The average molecular weight is 249 g/mol. The van der Waals surface area contributed by atoms with Gasteiger partial charge in [-0.25, -0.2) is 4.79 Å². The highest BCUT2D eigenvalue weighted by molar-refractivity contribution is 5.67. The molecular formula is C14H19NO3. The molecule has 1 aliphatic rings. The number of aliphatic hydroxyl groups is 1. The minimum Gasteiger partial charge on any atom is -0.445 e. The molecule has 1 saturated carbocycles. The van der Waals surface area contributed by atoms with Gasteiger partial charge in [0.15, 0.2) is 0 Å². The monoisotopic (exact) mass is 249 g/mol. The van der Waals surface area contributed by atoms with Crippen molar-refractivity contribution in [3.05, 3.63) is 35.9 Å². The molecule has 1 fully saturated rings. The van der Waals surface area contributed by atoms with Crippen LogP contribution in [-0.4, -0.2) is 23.3 Å². The lowest BCUT2D eigenvalue weighted by molar-refractivity contribution is -0.0646. The average Bonchev–Trinajstić information content (AvgIpc) is 2.33. The van der Waals surface area contributed by atoms with Gasteiger partial charge in [0.25, 0.3) is 0 Å². The van der Waals surface area contributed by atoms with E-state index in [1.807, 2.05) is 30.3 Å². The molecule has 1 aromatic carbocycles. The minimum atomic E-state index is -0.731. The van der Waals surface area contributed by atoms with Crippen LogP contribution in [0.15, 0.2) is 30.3 Å². The fraction of sp³-hybridized carbons (Fsp3) is 0.500. The standard InChI is InChI=1S/C14H19NO3/c1-11-7-14(17,8-11)10-15-13(16)18-9-12-5-3-2-4-6-12/h2-6,11,17H,7-10H2,1H3,(H,15,16). The quantitative estimate of drug-likeness (QED) is 0.859.